The summed E-state index contributed by atoms with van der Waals surface area (Å²) in [6.45, 7) is 7.59. The lowest BCUT2D eigenvalue weighted by molar-refractivity contribution is -0.116. The Morgan fingerprint density at radius 1 is 1.15 bits per heavy atom. The number of ether oxygens (including phenoxy) is 1. The zero-order valence-corrected chi connectivity index (χ0v) is 12.4. The Balaban J connectivity index is 2.27. The normalized spacial score (nSPS) is 10.8. The van der Waals surface area contributed by atoms with Gasteiger partial charge in [0.05, 0.1) is 0 Å². The Labute approximate surface area is 119 Å². The molecule has 0 aliphatic carbocycles. The minimum atomic E-state index is -0.533. The molecule has 0 bridgehead atoms. The zero-order chi connectivity index (χ0) is 15.2. The average Bonchev–Trinajstić information content (AvgIpc) is 2.29. The van der Waals surface area contributed by atoms with Crippen molar-refractivity contribution in [3.8, 4) is 0 Å². The van der Waals surface area contributed by atoms with Crippen LogP contribution in [0.3, 0.4) is 0 Å². The minimum absolute atomic E-state index is 0.148. The fourth-order valence-electron chi connectivity index (χ4n) is 1.45. The molecular weight excluding hydrogens is 256 g/mol. The van der Waals surface area contributed by atoms with E-state index in [2.05, 4.69) is 10.6 Å². The van der Waals surface area contributed by atoms with Crippen molar-refractivity contribution in [2.75, 3.05) is 11.9 Å². The topological polar surface area (TPSA) is 67.4 Å². The van der Waals surface area contributed by atoms with Crippen LogP contribution in [-0.2, 0) is 9.53 Å². The number of alkyl carbamates (subject to hydrolysis) is 1. The number of carbonyl (C=O) groups is 2. The summed E-state index contributed by atoms with van der Waals surface area (Å²) < 4.78 is 5.07. The van der Waals surface area contributed by atoms with E-state index < -0.39 is 11.7 Å². The molecule has 0 unspecified atom stereocenters. The van der Waals surface area contributed by atoms with Crippen molar-refractivity contribution in [1.29, 1.82) is 0 Å². The molecule has 0 aliphatic heterocycles. The lowest BCUT2D eigenvalue weighted by atomic mass is 10.2. The molecule has 0 saturated carbocycles. The number of carbonyl (C=O) groups excluding carboxylic acids is 2. The maximum Gasteiger partial charge on any atom is 0.407 e. The van der Waals surface area contributed by atoms with Gasteiger partial charge < -0.3 is 15.4 Å². The van der Waals surface area contributed by atoms with Crippen molar-refractivity contribution >= 4 is 17.7 Å². The van der Waals surface area contributed by atoms with Crippen LogP contribution < -0.4 is 10.6 Å². The van der Waals surface area contributed by atoms with Crippen LogP contribution in [0.25, 0.3) is 0 Å². The van der Waals surface area contributed by atoms with Gasteiger partial charge >= 0.3 is 6.09 Å². The molecule has 5 heteroatoms. The molecular formula is C15H22N2O3. The molecule has 0 saturated heterocycles. The van der Waals surface area contributed by atoms with Crippen molar-refractivity contribution in [1.82, 2.24) is 5.32 Å². The zero-order valence-electron chi connectivity index (χ0n) is 12.4. The fourth-order valence-corrected chi connectivity index (χ4v) is 1.45. The molecule has 2 N–H and O–H groups in total. The van der Waals surface area contributed by atoms with Gasteiger partial charge in [0.25, 0.3) is 0 Å². The van der Waals surface area contributed by atoms with Crippen LogP contribution in [-0.4, -0.2) is 24.1 Å². The fraction of sp³-hybridized carbons (Fsp3) is 0.467. The number of nitrogens with one attached hydrogen (secondary N) is 2. The third-order valence-electron chi connectivity index (χ3n) is 2.36. The highest BCUT2D eigenvalue weighted by molar-refractivity contribution is 5.91. The van der Waals surface area contributed by atoms with Gasteiger partial charge in [-0.1, -0.05) is 17.7 Å². The third-order valence-corrected chi connectivity index (χ3v) is 2.36. The maximum atomic E-state index is 11.7. The van der Waals surface area contributed by atoms with Crippen LogP contribution in [0.15, 0.2) is 24.3 Å². The first kappa shape index (κ1) is 16.0. The van der Waals surface area contributed by atoms with Gasteiger partial charge in [-0.2, -0.15) is 0 Å². The van der Waals surface area contributed by atoms with E-state index in [1.807, 2.05) is 31.2 Å². The van der Waals surface area contributed by atoms with E-state index in [0.717, 1.165) is 11.3 Å². The van der Waals surface area contributed by atoms with E-state index in [4.69, 9.17) is 4.74 Å². The van der Waals surface area contributed by atoms with Crippen LogP contribution in [0.2, 0.25) is 0 Å². The summed E-state index contributed by atoms with van der Waals surface area (Å²) in [5.74, 6) is -0.148. The van der Waals surface area contributed by atoms with Crippen molar-refractivity contribution in [3.05, 3.63) is 29.8 Å². The van der Waals surface area contributed by atoms with Crippen LogP contribution in [0, 0.1) is 6.92 Å². The van der Waals surface area contributed by atoms with Gasteiger partial charge in [-0.15, -0.1) is 0 Å². The molecule has 1 aromatic rings. The van der Waals surface area contributed by atoms with Gasteiger partial charge in [0.1, 0.15) is 5.60 Å². The summed E-state index contributed by atoms with van der Waals surface area (Å²) in [5.41, 5.74) is 1.35. The lowest BCUT2D eigenvalue weighted by Crippen LogP contribution is -2.34. The summed E-state index contributed by atoms with van der Waals surface area (Å²) in [7, 11) is 0. The molecule has 0 aliphatic rings. The minimum Gasteiger partial charge on any atom is -0.444 e. The van der Waals surface area contributed by atoms with E-state index in [9.17, 15) is 9.59 Å². The highest BCUT2D eigenvalue weighted by Crippen LogP contribution is 2.09. The summed E-state index contributed by atoms with van der Waals surface area (Å²) in [6.07, 6.45) is -0.312. The average molecular weight is 278 g/mol. The molecule has 2 amide bonds. The number of hydrogen-bond acceptors (Lipinski definition) is 3. The highest BCUT2D eigenvalue weighted by Gasteiger charge is 2.15. The third kappa shape index (κ3) is 6.78. The molecule has 1 rings (SSSR count). The molecule has 0 fully saturated rings. The Hall–Kier alpha value is -2.04. The largest absolute Gasteiger partial charge is 0.444 e. The van der Waals surface area contributed by atoms with Gasteiger partial charge in [0.2, 0.25) is 5.91 Å². The first-order valence-electron chi connectivity index (χ1n) is 6.59. The van der Waals surface area contributed by atoms with Crippen LogP contribution >= 0.6 is 0 Å². The first-order valence-corrected chi connectivity index (χ1v) is 6.59. The number of aryl methyl sites for hydroxylation is 1. The Kier molecular flexibility index (Phi) is 5.55. The number of anilines is 1. The van der Waals surface area contributed by atoms with Gasteiger partial charge in [-0.3, -0.25) is 4.79 Å². The van der Waals surface area contributed by atoms with E-state index in [-0.39, 0.29) is 18.9 Å². The lowest BCUT2D eigenvalue weighted by Gasteiger charge is -2.19. The Morgan fingerprint density at radius 2 is 1.75 bits per heavy atom. The predicted octanol–water partition coefficient (Wildman–Crippen LogP) is 2.85. The molecule has 0 spiro atoms. The summed E-state index contributed by atoms with van der Waals surface area (Å²) in [6, 6.07) is 7.53. The molecule has 0 heterocycles. The monoisotopic (exact) mass is 278 g/mol. The number of hydrogen-bond donors (Lipinski definition) is 2. The van der Waals surface area contributed by atoms with Crippen molar-refractivity contribution in [2.45, 2.75) is 39.7 Å². The van der Waals surface area contributed by atoms with E-state index in [1.165, 1.54) is 0 Å². The molecule has 0 radical (unpaired) electrons. The van der Waals surface area contributed by atoms with Gasteiger partial charge in [-0.05, 0) is 39.8 Å². The van der Waals surface area contributed by atoms with E-state index >= 15 is 0 Å². The number of benzene rings is 1. The Morgan fingerprint density at radius 3 is 2.30 bits per heavy atom. The highest BCUT2D eigenvalue weighted by atomic mass is 16.6. The molecule has 20 heavy (non-hydrogen) atoms. The maximum absolute atomic E-state index is 11.7. The number of rotatable bonds is 4. The second-order valence-corrected chi connectivity index (χ2v) is 5.59. The smallest absolute Gasteiger partial charge is 0.407 e. The van der Waals surface area contributed by atoms with E-state index in [0.29, 0.717) is 0 Å². The van der Waals surface area contributed by atoms with Crippen molar-refractivity contribution in [2.24, 2.45) is 0 Å². The molecule has 0 atom stereocenters. The van der Waals surface area contributed by atoms with Crippen LogP contribution in [0.1, 0.15) is 32.8 Å². The predicted molar refractivity (Wildman–Crippen MR) is 78.7 cm³/mol. The van der Waals surface area contributed by atoms with Gasteiger partial charge in [0, 0.05) is 18.7 Å². The van der Waals surface area contributed by atoms with Crippen LogP contribution in [0.4, 0.5) is 10.5 Å². The molecule has 110 valence electrons. The SMILES string of the molecule is Cc1ccc(NC(=O)CCNC(=O)OC(C)(C)C)cc1. The van der Waals surface area contributed by atoms with Gasteiger partial charge in [0.15, 0.2) is 0 Å². The summed E-state index contributed by atoms with van der Waals surface area (Å²) in [4.78, 5) is 23.0. The second kappa shape index (κ2) is 6.93. The van der Waals surface area contributed by atoms with Crippen LogP contribution in [0.5, 0.6) is 0 Å². The first-order chi connectivity index (χ1) is 9.26. The van der Waals surface area contributed by atoms with Crippen molar-refractivity contribution in [3.63, 3.8) is 0 Å². The quantitative estimate of drug-likeness (QED) is 0.890. The standard InChI is InChI=1S/C15H22N2O3/c1-11-5-7-12(8-6-11)17-13(18)9-10-16-14(19)20-15(2,3)4/h5-8H,9-10H2,1-4H3,(H,16,19)(H,17,18). The Bertz CT molecular complexity index is 461. The van der Waals surface area contributed by atoms with Gasteiger partial charge in [-0.25, -0.2) is 4.79 Å². The summed E-state index contributed by atoms with van der Waals surface area (Å²) in [5, 5.41) is 5.30. The summed E-state index contributed by atoms with van der Waals surface area (Å²) >= 11 is 0. The van der Waals surface area contributed by atoms with Crippen molar-refractivity contribution < 1.29 is 14.3 Å². The molecule has 1 aromatic carbocycles. The number of amides is 2. The molecule has 0 aromatic heterocycles. The van der Waals surface area contributed by atoms with E-state index in [1.54, 1.807) is 20.8 Å². The second-order valence-electron chi connectivity index (χ2n) is 5.59. The molecule has 5 nitrogen and oxygen atoms in total.